The molecule has 3 heteroatoms. The molecular weight excluding hydrogens is 877 g/mol. The Labute approximate surface area is 418 Å². The Morgan fingerprint density at radius 2 is 0.648 bits per heavy atom. The third kappa shape index (κ3) is 6.54. The summed E-state index contributed by atoms with van der Waals surface area (Å²) in [5, 5.41) is 2.63. The Balaban J connectivity index is 0.960. The summed E-state index contributed by atoms with van der Waals surface area (Å²) in [6.45, 7) is 7.07. The molecule has 0 bridgehead atoms. The van der Waals surface area contributed by atoms with E-state index in [2.05, 4.69) is 221 Å². The van der Waals surface area contributed by atoms with E-state index in [4.69, 9.17) is 9.97 Å². The standard InChI is InChI=1S/C68H46N2S/c1-68(2,3)64-44(23-12-24-45(64)42-30-33-53-49-18-4-7-19-50(49)57-27-14-36-69-65(57)66-58(62(53)39-42)28-15-37-70-66)41-31-34-54-55-35-32-43(46-25-13-26-59-56-22-10-11-29-63(56)71-67(46)59)40-61(55)52-21-9-6-17-48(52)47-16-5-8-20-51(47)60(54)38-41/h4-40H,1-3H3. The lowest BCUT2D eigenvalue weighted by Gasteiger charge is -2.29. The highest BCUT2D eigenvalue weighted by Crippen LogP contribution is 2.53. The Kier molecular flexibility index (Phi) is 9.36. The van der Waals surface area contributed by atoms with Crippen LogP contribution in [0.5, 0.6) is 0 Å². The molecule has 0 atom stereocenters. The number of hydrogen-bond donors (Lipinski definition) is 0. The van der Waals surface area contributed by atoms with Gasteiger partial charge < -0.3 is 0 Å². The Bertz CT molecular complexity index is 4160. The Hall–Kier alpha value is -8.50. The predicted molar refractivity (Wildman–Crippen MR) is 301 cm³/mol. The lowest BCUT2D eigenvalue weighted by Crippen LogP contribution is -2.15. The van der Waals surface area contributed by atoms with Crippen LogP contribution in [-0.4, -0.2) is 9.97 Å². The van der Waals surface area contributed by atoms with Crippen LogP contribution < -0.4 is 0 Å². The average Bonchev–Trinajstić information content (AvgIpc) is 3.81. The Morgan fingerprint density at radius 1 is 0.296 bits per heavy atom. The minimum Gasteiger partial charge on any atom is -0.254 e. The van der Waals surface area contributed by atoms with Gasteiger partial charge >= 0.3 is 0 Å². The highest BCUT2D eigenvalue weighted by molar-refractivity contribution is 7.26. The van der Waals surface area contributed by atoms with Crippen LogP contribution in [0.2, 0.25) is 0 Å². The number of nitrogens with zero attached hydrogens (tertiary/aromatic N) is 2. The largest absolute Gasteiger partial charge is 0.254 e. The molecular formula is C68H46N2S. The smallest absolute Gasteiger partial charge is 0.0970 e. The molecule has 3 aromatic heterocycles. The van der Waals surface area contributed by atoms with Crippen molar-refractivity contribution in [2.75, 3.05) is 0 Å². The molecule has 334 valence electrons. The van der Waals surface area contributed by atoms with Crippen LogP contribution in [0, 0.1) is 0 Å². The summed E-state index contributed by atoms with van der Waals surface area (Å²) in [5.41, 5.74) is 27.0. The first-order valence-corrected chi connectivity index (χ1v) is 25.4. The highest BCUT2D eigenvalue weighted by Gasteiger charge is 2.29. The van der Waals surface area contributed by atoms with Crippen molar-refractivity contribution in [1.82, 2.24) is 9.97 Å². The molecule has 0 saturated carbocycles. The van der Waals surface area contributed by atoms with Gasteiger partial charge in [-0.2, -0.15) is 0 Å². The average molecular weight is 923 g/mol. The predicted octanol–water partition coefficient (Wildman–Crippen LogP) is 19.1. The molecule has 2 nitrogen and oxygen atoms in total. The van der Waals surface area contributed by atoms with E-state index < -0.39 is 0 Å². The van der Waals surface area contributed by atoms with Crippen molar-refractivity contribution in [3.63, 3.8) is 0 Å². The minimum atomic E-state index is -0.202. The molecule has 0 spiro atoms. The van der Waals surface area contributed by atoms with E-state index in [1.54, 1.807) is 0 Å². The van der Waals surface area contributed by atoms with Crippen LogP contribution in [0.15, 0.2) is 225 Å². The monoisotopic (exact) mass is 922 g/mol. The molecule has 2 aliphatic rings. The van der Waals surface area contributed by atoms with Crippen LogP contribution in [0.1, 0.15) is 26.3 Å². The molecule has 14 rings (SSSR count). The lowest BCUT2D eigenvalue weighted by molar-refractivity contribution is 0.593. The van der Waals surface area contributed by atoms with E-state index in [1.807, 2.05) is 35.9 Å². The maximum atomic E-state index is 5.01. The first kappa shape index (κ1) is 41.5. The molecule has 0 N–H and O–H groups in total. The maximum Gasteiger partial charge on any atom is 0.0970 e. The van der Waals surface area contributed by atoms with E-state index in [1.165, 1.54) is 115 Å². The van der Waals surface area contributed by atoms with Gasteiger partial charge in [0.1, 0.15) is 0 Å². The van der Waals surface area contributed by atoms with Crippen molar-refractivity contribution < 1.29 is 0 Å². The van der Waals surface area contributed by atoms with Crippen LogP contribution in [0.3, 0.4) is 0 Å². The highest BCUT2D eigenvalue weighted by atomic mass is 32.1. The van der Waals surface area contributed by atoms with Gasteiger partial charge in [-0.25, -0.2) is 0 Å². The van der Waals surface area contributed by atoms with Gasteiger partial charge in [0, 0.05) is 43.7 Å². The van der Waals surface area contributed by atoms with Crippen molar-refractivity contribution in [2.45, 2.75) is 26.2 Å². The van der Waals surface area contributed by atoms with Crippen molar-refractivity contribution in [3.05, 3.63) is 230 Å². The third-order valence-corrected chi connectivity index (χ3v) is 16.1. The summed E-state index contributed by atoms with van der Waals surface area (Å²) in [6.07, 6.45) is 3.77. The van der Waals surface area contributed by atoms with Gasteiger partial charge in [0.15, 0.2) is 0 Å². The van der Waals surface area contributed by atoms with E-state index in [-0.39, 0.29) is 5.41 Å². The zero-order chi connectivity index (χ0) is 47.4. The molecule has 0 amide bonds. The molecule has 12 aromatic rings. The summed E-state index contributed by atoms with van der Waals surface area (Å²) in [6, 6.07) is 79.1. The summed E-state index contributed by atoms with van der Waals surface area (Å²) in [5.74, 6) is 0. The molecule has 9 aromatic carbocycles. The first-order valence-electron chi connectivity index (χ1n) is 24.5. The summed E-state index contributed by atoms with van der Waals surface area (Å²) >= 11 is 1.89. The van der Waals surface area contributed by atoms with Gasteiger partial charge in [0.25, 0.3) is 0 Å². The van der Waals surface area contributed by atoms with Gasteiger partial charge in [0.05, 0.1) is 11.4 Å². The fourth-order valence-corrected chi connectivity index (χ4v) is 13.0. The zero-order valence-electron chi connectivity index (χ0n) is 39.7. The van der Waals surface area contributed by atoms with Gasteiger partial charge in [-0.1, -0.05) is 197 Å². The fourth-order valence-electron chi connectivity index (χ4n) is 11.8. The van der Waals surface area contributed by atoms with Crippen molar-refractivity contribution >= 4 is 31.5 Å². The number of thiophene rings is 1. The van der Waals surface area contributed by atoms with Crippen molar-refractivity contribution in [2.24, 2.45) is 0 Å². The molecule has 0 aliphatic heterocycles. The Morgan fingerprint density at radius 3 is 1.17 bits per heavy atom. The number of fused-ring (bicyclic) bond motifs is 19. The number of hydrogen-bond acceptors (Lipinski definition) is 3. The quantitative estimate of drug-likeness (QED) is 0.176. The van der Waals surface area contributed by atoms with Crippen LogP contribution >= 0.6 is 11.3 Å². The molecule has 71 heavy (non-hydrogen) atoms. The summed E-state index contributed by atoms with van der Waals surface area (Å²) in [4.78, 5) is 9.97. The van der Waals surface area contributed by atoms with Crippen molar-refractivity contribution in [1.29, 1.82) is 0 Å². The lowest BCUT2D eigenvalue weighted by atomic mass is 9.75. The van der Waals surface area contributed by atoms with Gasteiger partial charge in [-0.3, -0.25) is 9.97 Å². The molecule has 0 unspecified atom stereocenters. The van der Waals surface area contributed by atoms with E-state index >= 15 is 0 Å². The first-order chi connectivity index (χ1) is 34.9. The molecule has 0 saturated heterocycles. The normalized spacial score (nSPS) is 12.2. The topological polar surface area (TPSA) is 25.8 Å². The number of rotatable bonds is 3. The SMILES string of the molecule is CC(C)(C)c1c(-c2ccc3c(c2)-c2ccccc2-c2ccccc2-c2cc(-c4cccc5c4sc4ccccc45)ccc2-3)cccc1-c1ccc2c(c1)-c1cccnc1-c1ncccc1-c1ccccc1-2. The number of pyridine rings is 2. The van der Waals surface area contributed by atoms with Crippen LogP contribution in [0.25, 0.3) is 143 Å². The third-order valence-electron chi connectivity index (χ3n) is 14.9. The van der Waals surface area contributed by atoms with Gasteiger partial charge in [0.2, 0.25) is 0 Å². The summed E-state index contributed by atoms with van der Waals surface area (Å²) < 4.78 is 2.65. The molecule has 3 heterocycles. The second kappa shape index (κ2) is 16.0. The second-order valence-electron chi connectivity index (χ2n) is 20.0. The van der Waals surface area contributed by atoms with E-state index in [0.29, 0.717) is 0 Å². The number of benzene rings is 9. The van der Waals surface area contributed by atoms with Crippen LogP contribution in [-0.2, 0) is 5.41 Å². The fraction of sp³-hybridized carbons (Fsp3) is 0.0588. The second-order valence-corrected chi connectivity index (χ2v) is 21.0. The molecule has 0 fully saturated rings. The van der Waals surface area contributed by atoms with E-state index in [9.17, 15) is 0 Å². The minimum absolute atomic E-state index is 0.202. The number of aromatic nitrogens is 2. The van der Waals surface area contributed by atoms with E-state index in [0.717, 1.165) is 33.6 Å². The van der Waals surface area contributed by atoms with Gasteiger partial charge in [-0.05, 0) is 148 Å². The van der Waals surface area contributed by atoms with Crippen molar-refractivity contribution in [3.8, 4) is 123 Å². The maximum absolute atomic E-state index is 5.01. The molecule has 2 aliphatic carbocycles. The summed E-state index contributed by atoms with van der Waals surface area (Å²) in [7, 11) is 0. The van der Waals surface area contributed by atoms with Crippen LogP contribution in [0.4, 0.5) is 0 Å². The zero-order valence-corrected chi connectivity index (χ0v) is 40.5. The van der Waals surface area contributed by atoms with Gasteiger partial charge in [-0.15, -0.1) is 11.3 Å². The molecule has 0 radical (unpaired) electrons.